The minimum absolute atomic E-state index is 0. The number of aromatic amines is 1. The fourth-order valence-corrected chi connectivity index (χ4v) is 2.33. The van der Waals surface area contributed by atoms with E-state index >= 15 is 0 Å². The highest BCUT2D eigenvalue weighted by Crippen LogP contribution is 2.26. The molecule has 0 radical (unpaired) electrons. The van der Waals surface area contributed by atoms with Gasteiger partial charge >= 0.3 is 0 Å². The molecule has 2 rings (SSSR count). The summed E-state index contributed by atoms with van der Waals surface area (Å²) in [6.07, 6.45) is 8.36. The molecule has 0 aromatic carbocycles. The van der Waals surface area contributed by atoms with E-state index in [1.54, 1.807) is 12.4 Å². The molecule has 1 aliphatic rings. The average Bonchev–Trinajstić information content (AvgIpc) is 2.83. The van der Waals surface area contributed by atoms with Crippen LogP contribution in [0.15, 0.2) is 12.4 Å². The molecule has 0 spiro atoms. The van der Waals surface area contributed by atoms with Gasteiger partial charge in [0.1, 0.15) is 0 Å². The summed E-state index contributed by atoms with van der Waals surface area (Å²) in [4.78, 5) is 12.2. The zero-order chi connectivity index (χ0) is 12.3. The number of halogens is 1. The van der Waals surface area contributed by atoms with Gasteiger partial charge in [0, 0.05) is 11.8 Å². The lowest BCUT2D eigenvalue weighted by Gasteiger charge is -2.32. The molecule has 1 aliphatic carbocycles. The largest absolute Gasteiger partial charge is 0.348 e. The minimum atomic E-state index is -0.670. The van der Waals surface area contributed by atoms with Gasteiger partial charge in [-0.3, -0.25) is 9.89 Å². The summed E-state index contributed by atoms with van der Waals surface area (Å²) < 4.78 is 0. The topological polar surface area (TPSA) is 83.8 Å². The van der Waals surface area contributed by atoms with Crippen molar-refractivity contribution in [3.8, 4) is 0 Å². The van der Waals surface area contributed by atoms with Gasteiger partial charge in [0.2, 0.25) is 5.91 Å². The standard InChI is InChI=1S/C12H20N4O.ClH/c1-9(10-7-14-15-8-10)16-11(17)12(13)5-3-2-4-6-12;/h7-9H,2-6,13H2,1H3,(H,14,15)(H,16,17);1H. The second-order valence-electron chi connectivity index (χ2n) is 4.94. The maximum Gasteiger partial charge on any atom is 0.240 e. The number of H-pyrrole nitrogens is 1. The molecule has 18 heavy (non-hydrogen) atoms. The molecule has 1 fully saturated rings. The van der Waals surface area contributed by atoms with Gasteiger partial charge in [-0.1, -0.05) is 19.3 Å². The monoisotopic (exact) mass is 272 g/mol. The number of nitrogens with one attached hydrogen (secondary N) is 2. The normalized spacial score (nSPS) is 19.7. The van der Waals surface area contributed by atoms with Gasteiger partial charge in [-0.15, -0.1) is 12.4 Å². The molecule has 1 heterocycles. The Hall–Kier alpha value is -1.07. The van der Waals surface area contributed by atoms with Crippen LogP contribution < -0.4 is 11.1 Å². The van der Waals surface area contributed by atoms with E-state index in [-0.39, 0.29) is 24.4 Å². The second-order valence-corrected chi connectivity index (χ2v) is 4.94. The Bertz CT molecular complexity index is 373. The van der Waals surface area contributed by atoms with Gasteiger partial charge in [-0.2, -0.15) is 5.10 Å². The molecule has 0 saturated heterocycles. The third-order valence-corrected chi connectivity index (χ3v) is 3.56. The van der Waals surface area contributed by atoms with Crippen molar-refractivity contribution in [2.24, 2.45) is 5.73 Å². The molecule has 1 aromatic heterocycles. The Balaban J connectivity index is 0.00000162. The van der Waals surface area contributed by atoms with E-state index in [9.17, 15) is 4.79 Å². The molecule has 0 bridgehead atoms. The van der Waals surface area contributed by atoms with E-state index in [1.807, 2.05) is 6.92 Å². The van der Waals surface area contributed by atoms with Crippen LogP contribution >= 0.6 is 12.4 Å². The van der Waals surface area contributed by atoms with Crippen LogP contribution in [0.4, 0.5) is 0 Å². The van der Waals surface area contributed by atoms with Crippen molar-refractivity contribution < 1.29 is 4.79 Å². The molecule has 4 N–H and O–H groups in total. The van der Waals surface area contributed by atoms with Crippen LogP contribution in [0.25, 0.3) is 0 Å². The van der Waals surface area contributed by atoms with Crippen molar-refractivity contribution in [2.75, 3.05) is 0 Å². The zero-order valence-corrected chi connectivity index (χ0v) is 11.4. The summed E-state index contributed by atoms with van der Waals surface area (Å²) >= 11 is 0. The first-order valence-electron chi connectivity index (χ1n) is 6.20. The predicted molar refractivity (Wildman–Crippen MR) is 72.4 cm³/mol. The van der Waals surface area contributed by atoms with E-state index in [4.69, 9.17) is 5.73 Å². The molecule has 5 nitrogen and oxygen atoms in total. The van der Waals surface area contributed by atoms with Crippen molar-refractivity contribution in [1.82, 2.24) is 15.5 Å². The lowest BCUT2D eigenvalue weighted by Crippen LogP contribution is -2.55. The van der Waals surface area contributed by atoms with Crippen molar-refractivity contribution >= 4 is 18.3 Å². The van der Waals surface area contributed by atoms with Crippen LogP contribution in [0.5, 0.6) is 0 Å². The van der Waals surface area contributed by atoms with Gasteiger partial charge in [-0.25, -0.2) is 0 Å². The first-order chi connectivity index (χ1) is 8.12. The molecule has 1 saturated carbocycles. The number of rotatable bonds is 3. The quantitative estimate of drug-likeness (QED) is 0.783. The molecule has 6 heteroatoms. The van der Waals surface area contributed by atoms with Gasteiger partial charge in [0.05, 0.1) is 17.8 Å². The number of hydrogen-bond donors (Lipinski definition) is 3. The number of carbonyl (C=O) groups is 1. The van der Waals surface area contributed by atoms with E-state index in [0.29, 0.717) is 0 Å². The Morgan fingerprint density at radius 2 is 2.17 bits per heavy atom. The highest BCUT2D eigenvalue weighted by molar-refractivity contribution is 5.86. The molecule has 1 amide bonds. The Morgan fingerprint density at radius 1 is 1.50 bits per heavy atom. The van der Waals surface area contributed by atoms with Crippen LogP contribution in [-0.4, -0.2) is 21.6 Å². The molecule has 1 unspecified atom stereocenters. The third kappa shape index (κ3) is 3.23. The molecule has 1 atom stereocenters. The van der Waals surface area contributed by atoms with E-state index in [1.165, 1.54) is 6.42 Å². The minimum Gasteiger partial charge on any atom is -0.348 e. The predicted octanol–water partition coefficient (Wildman–Crippen LogP) is 1.67. The van der Waals surface area contributed by atoms with Crippen molar-refractivity contribution in [1.29, 1.82) is 0 Å². The second kappa shape index (κ2) is 6.20. The molecule has 102 valence electrons. The first kappa shape index (κ1) is 15.0. The average molecular weight is 273 g/mol. The van der Waals surface area contributed by atoms with Gasteiger partial charge < -0.3 is 11.1 Å². The Kier molecular flexibility index (Phi) is 5.16. The van der Waals surface area contributed by atoms with E-state index in [0.717, 1.165) is 31.2 Å². The summed E-state index contributed by atoms with van der Waals surface area (Å²) in [7, 11) is 0. The van der Waals surface area contributed by atoms with E-state index < -0.39 is 5.54 Å². The zero-order valence-electron chi connectivity index (χ0n) is 10.6. The summed E-state index contributed by atoms with van der Waals surface area (Å²) in [5.41, 5.74) is 6.47. The number of aromatic nitrogens is 2. The van der Waals surface area contributed by atoms with Crippen LogP contribution in [0.2, 0.25) is 0 Å². The molecular formula is C12H21ClN4O. The lowest BCUT2D eigenvalue weighted by atomic mass is 9.81. The SMILES string of the molecule is CC(NC(=O)C1(N)CCCCC1)c1cn[nH]c1.Cl. The lowest BCUT2D eigenvalue weighted by molar-refractivity contribution is -0.128. The number of carbonyl (C=O) groups excluding carboxylic acids is 1. The summed E-state index contributed by atoms with van der Waals surface area (Å²) in [5.74, 6) is -0.0362. The van der Waals surface area contributed by atoms with Gasteiger partial charge in [0.25, 0.3) is 0 Å². The maximum absolute atomic E-state index is 12.2. The molecule has 1 aromatic rings. The summed E-state index contributed by atoms with van der Waals surface area (Å²) in [6, 6.07) is -0.0522. The van der Waals surface area contributed by atoms with E-state index in [2.05, 4.69) is 15.5 Å². The molecular weight excluding hydrogens is 252 g/mol. The Morgan fingerprint density at radius 3 is 2.72 bits per heavy atom. The highest BCUT2D eigenvalue weighted by atomic mass is 35.5. The van der Waals surface area contributed by atoms with Gasteiger partial charge in [-0.05, 0) is 19.8 Å². The number of nitrogens with zero attached hydrogens (tertiary/aromatic N) is 1. The maximum atomic E-state index is 12.2. The van der Waals surface area contributed by atoms with Crippen LogP contribution in [0.3, 0.4) is 0 Å². The van der Waals surface area contributed by atoms with Crippen molar-refractivity contribution in [3.63, 3.8) is 0 Å². The number of nitrogens with two attached hydrogens (primary N) is 1. The first-order valence-corrected chi connectivity index (χ1v) is 6.20. The summed E-state index contributed by atoms with van der Waals surface area (Å²) in [5, 5.41) is 9.58. The Labute approximate surface area is 113 Å². The summed E-state index contributed by atoms with van der Waals surface area (Å²) in [6.45, 7) is 1.94. The highest BCUT2D eigenvalue weighted by Gasteiger charge is 2.35. The molecule has 0 aliphatic heterocycles. The van der Waals surface area contributed by atoms with Gasteiger partial charge in [0.15, 0.2) is 0 Å². The number of amides is 1. The van der Waals surface area contributed by atoms with Crippen molar-refractivity contribution in [2.45, 2.75) is 50.6 Å². The van der Waals surface area contributed by atoms with Crippen molar-refractivity contribution in [3.05, 3.63) is 18.0 Å². The van der Waals surface area contributed by atoms with Crippen LogP contribution in [0, 0.1) is 0 Å². The fourth-order valence-electron chi connectivity index (χ4n) is 2.33. The fraction of sp³-hybridized carbons (Fsp3) is 0.667. The smallest absolute Gasteiger partial charge is 0.240 e. The van der Waals surface area contributed by atoms with Crippen LogP contribution in [-0.2, 0) is 4.79 Å². The third-order valence-electron chi connectivity index (χ3n) is 3.56. The van der Waals surface area contributed by atoms with Crippen LogP contribution in [0.1, 0.15) is 50.6 Å². The number of hydrogen-bond acceptors (Lipinski definition) is 3.